The Morgan fingerprint density at radius 2 is 2.24 bits per heavy atom. The van der Waals surface area contributed by atoms with Gasteiger partial charge >= 0.3 is 0 Å². The summed E-state index contributed by atoms with van der Waals surface area (Å²) >= 11 is 7.39. The number of aryl methyl sites for hydroxylation is 1. The summed E-state index contributed by atoms with van der Waals surface area (Å²) in [5.74, 6) is -0.210. The van der Waals surface area contributed by atoms with Crippen LogP contribution in [0.2, 0.25) is 5.15 Å². The van der Waals surface area contributed by atoms with Crippen LogP contribution >= 0.6 is 22.9 Å². The van der Waals surface area contributed by atoms with Crippen LogP contribution in [0.1, 0.15) is 20.2 Å². The van der Waals surface area contributed by atoms with Gasteiger partial charge in [-0.25, -0.2) is 4.98 Å². The van der Waals surface area contributed by atoms with E-state index in [2.05, 4.69) is 10.3 Å². The Kier molecular flexibility index (Phi) is 3.76. The topological polar surface area (TPSA) is 42.0 Å². The van der Waals surface area contributed by atoms with E-state index in [1.54, 1.807) is 29.5 Å². The van der Waals surface area contributed by atoms with Gasteiger partial charge < -0.3 is 5.32 Å². The summed E-state index contributed by atoms with van der Waals surface area (Å²) in [7, 11) is 0. The number of rotatable bonds is 3. The number of pyridine rings is 1. The second-order valence-corrected chi connectivity index (χ2v) is 5.30. The molecule has 0 saturated carbocycles. The van der Waals surface area contributed by atoms with Gasteiger partial charge in [0.15, 0.2) is 0 Å². The molecule has 2 aromatic heterocycles. The highest BCUT2D eigenvalue weighted by Crippen LogP contribution is 2.14. The number of carbonyl (C=O) groups is 1. The molecule has 0 aromatic carbocycles. The number of thiophene rings is 1. The van der Waals surface area contributed by atoms with Gasteiger partial charge in [0.1, 0.15) is 10.8 Å². The molecule has 0 saturated heterocycles. The highest BCUT2D eigenvalue weighted by Gasteiger charge is 2.07. The van der Waals surface area contributed by atoms with Crippen LogP contribution in [0.3, 0.4) is 0 Å². The second kappa shape index (κ2) is 5.29. The third-order valence-electron chi connectivity index (χ3n) is 2.17. The van der Waals surface area contributed by atoms with Crippen molar-refractivity contribution in [1.29, 1.82) is 0 Å². The summed E-state index contributed by atoms with van der Waals surface area (Å²) in [6, 6.07) is 9.02. The first-order valence-corrected chi connectivity index (χ1v) is 6.30. The molecule has 0 unspecified atom stereocenters. The maximum Gasteiger partial charge on any atom is 0.270 e. The highest BCUT2D eigenvalue weighted by molar-refractivity contribution is 7.11. The molecule has 88 valence electrons. The number of aromatic nitrogens is 1. The van der Waals surface area contributed by atoms with E-state index >= 15 is 0 Å². The van der Waals surface area contributed by atoms with E-state index in [1.165, 1.54) is 4.88 Å². The molecule has 0 atom stereocenters. The summed E-state index contributed by atoms with van der Waals surface area (Å²) in [4.78, 5) is 18.1. The lowest BCUT2D eigenvalue weighted by molar-refractivity contribution is 0.0946. The monoisotopic (exact) mass is 266 g/mol. The van der Waals surface area contributed by atoms with Gasteiger partial charge in [-0.2, -0.15) is 0 Å². The first kappa shape index (κ1) is 12.1. The van der Waals surface area contributed by atoms with Crippen molar-refractivity contribution in [3.8, 4) is 0 Å². The zero-order valence-electron chi connectivity index (χ0n) is 9.24. The van der Waals surface area contributed by atoms with Crippen molar-refractivity contribution in [3.05, 3.63) is 50.9 Å². The number of hydrogen-bond donors (Lipinski definition) is 1. The minimum atomic E-state index is -0.210. The highest BCUT2D eigenvalue weighted by atomic mass is 35.5. The maximum atomic E-state index is 11.7. The fraction of sp³-hybridized carbons (Fsp3) is 0.167. The van der Waals surface area contributed by atoms with E-state index in [0.717, 1.165) is 4.88 Å². The predicted molar refractivity (Wildman–Crippen MR) is 69.5 cm³/mol. The molecular weight excluding hydrogens is 256 g/mol. The Morgan fingerprint density at radius 3 is 2.88 bits per heavy atom. The summed E-state index contributed by atoms with van der Waals surface area (Å²) in [6.07, 6.45) is 0. The Balaban J connectivity index is 1.98. The van der Waals surface area contributed by atoms with Crippen molar-refractivity contribution in [2.24, 2.45) is 0 Å². The van der Waals surface area contributed by atoms with Gasteiger partial charge in [-0.15, -0.1) is 11.3 Å². The molecule has 0 spiro atoms. The van der Waals surface area contributed by atoms with Crippen molar-refractivity contribution in [1.82, 2.24) is 10.3 Å². The normalized spacial score (nSPS) is 10.2. The number of carbonyl (C=O) groups excluding carboxylic acids is 1. The number of nitrogens with zero attached hydrogens (tertiary/aromatic N) is 1. The standard InChI is InChI=1S/C12H11ClN2OS/c1-8-5-6-9(17-8)7-14-12(16)10-3-2-4-11(13)15-10/h2-6H,7H2,1H3,(H,14,16). The number of amides is 1. The van der Waals surface area contributed by atoms with Crippen molar-refractivity contribution in [2.75, 3.05) is 0 Å². The zero-order valence-corrected chi connectivity index (χ0v) is 10.8. The Labute approximate surface area is 108 Å². The fourth-order valence-corrected chi connectivity index (χ4v) is 2.37. The molecule has 1 N–H and O–H groups in total. The number of nitrogens with one attached hydrogen (secondary N) is 1. The molecule has 1 amide bonds. The van der Waals surface area contributed by atoms with E-state index in [1.807, 2.05) is 19.1 Å². The first-order valence-electron chi connectivity index (χ1n) is 5.11. The summed E-state index contributed by atoms with van der Waals surface area (Å²) in [5, 5.41) is 3.13. The fourth-order valence-electron chi connectivity index (χ4n) is 1.37. The minimum Gasteiger partial charge on any atom is -0.346 e. The van der Waals surface area contributed by atoms with Crippen molar-refractivity contribution >= 4 is 28.8 Å². The quantitative estimate of drug-likeness (QED) is 0.868. The average molecular weight is 267 g/mol. The van der Waals surface area contributed by atoms with Crippen molar-refractivity contribution in [2.45, 2.75) is 13.5 Å². The van der Waals surface area contributed by atoms with Crippen LogP contribution in [-0.2, 0) is 6.54 Å². The summed E-state index contributed by atoms with van der Waals surface area (Å²) < 4.78 is 0. The third kappa shape index (κ3) is 3.28. The molecule has 17 heavy (non-hydrogen) atoms. The van der Waals surface area contributed by atoms with Gasteiger partial charge in [0.2, 0.25) is 0 Å². The molecule has 0 aliphatic heterocycles. The Hall–Kier alpha value is -1.39. The van der Waals surface area contributed by atoms with Crippen LogP contribution in [0, 0.1) is 6.92 Å². The smallest absolute Gasteiger partial charge is 0.270 e. The van der Waals surface area contributed by atoms with Gasteiger partial charge in [-0.05, 0) is 31.2 Å². The van der Waals surface area contributed by atoms with Crippen LogP contribution in [0.4, 0.5) is 0 Å². The van der Waals surface area contributed by atoms with Crippen molar-refractivity contribution in [3.63, 3.8) is 0 Å². The van der Waals surface area contributed by atoms with Gasteiger partial charge in [0.05, 0.1) is 6.54 Å². The van der Waals surface area contributed by atoms with E-state index in [-0.39, 0.29) is 5.91 Å². The summed E-state index contributed by atoms with van der Waals surface area (Å²) in [6.45, 7) is 2.56. The van der Waals surface area contributed by atoms with E-state index < -0.39 is 0 Å². The van der Waals surface area contributed by atoms with Crippen LogP contribution < -0.4 is 5.32 Å². The molecule has 3 nitrogen and oxygen atoms in total. The molecule has 2 aromatic rings. The van der Waals surface area contributed by atoms with E-state index in [4.69, 9.17) is 11.6 Å². The van der Waals surface area contributed by atoms with Gasteiger partial charge in [0, 0.05) is 9.75 Å². The zero-order chi connectivity index (χ0) is 12.3. The van der Waals surface area contributed by atoms with E-state index in [9.17, 15) is 4.79 Å². The minimum absolute atomic E-state index is 0.210. The number of hydrogen-bond acceptors (Lipinski definition) is 3. The number of halogens is 1. The molecule has 2 heterocycles. The molecule has 0 fully saturated rings. The molecule has 0 aliphatic rings. The molecule has 0 bridgehead atoms. The lowest BCUT2D eigenvalue weighted by Crippen LogP contribution is -2.23. The second-order valence-electron chi connectivity index (χ2n) is 3.54. The van der Waals surface area contributed by atoms with Gasteiger partial charge in [-0.3, -0.25) is 4.79 Å². The molecule has 0 radical (unpaired) electrons. The molecule has 2 rings (SSSR count). The van der Waals surface area contributed by atoms with E-state index in [0.29, 0.717) is 17.4 Å². The lowest BCUT2D eigenvalue weighted by atomic mass is 10.3. The average Bonchev–Trinajstić information content (AvgIpc) is 2.72. The predicted octanol–water partition coefficient (Wildman–Crippen LogP) is 3.03. The molecular formula is C12H11ClN2OS. The maximum absolute atomic E-state index is 11.7. The first-order chi connectivity index (χ1) is 8.15. The van der Waals surface area contributed by atoms with Crippen LogP contribution in [-0.4, -0.2) is 10.9 Å². The lowest BCUT2D eigenvalue weighted by Gasteiger charge is -2.02. The Bertz CT molecular complexity index is 539. The van der Waals surface area contributed by atoms with Gasteiger partial charge in [0.25, 0.3) is 5.91 Å². The van der Waals surface area contributed by atoms with Gasteiger partial charge in [-0.1, -0.05) is 17.7 Å². The van der Waals surface area contributed by atoms with Crippen LogP contribution in [0.25, 0.3) is 0 Å². The summed E-state index contributed by atoms with van der Waals surface area (Å²) in [5.41, 5.74) is 0.339. The molecule has 5 heteroatoms. The largest absolute Gasteiger partial charge is 0.346 e. The molecule has 0 aliphatic carbocycles. The van der Waals surface area contributed by atoms with Crippen LogP contribution in [0.5, 0.6) is 0 Å². The Morgan fingerprint density at radius 1 is 1.41 bits per heavy atom. The van der Waals surface area contributed by atoms with Crippen molar-refractivity contribution < 1.29 is 4.79 Å². The third-order valence-corrected chi connectivity index (χ3v) is 3.38. The van der Waals surface area contributed by atoms with Crippen LogP contribution in [0.15, 0.2) is 30.3 Å². The SMILES string of the molecule is Cc1ccc(CNC(=O)c2cccc(Cl)n2)s1.